The van der Waals surface area contributed by atoms with E-state index in [0.29, 0.717) is 11.2 Å². The Balaban J connectivity index is 0.00000131. The standard InChI is InChI=1S/C20H21ClN4.2ClH/c1-20(25-15-9-10-22-13-15,18-19(21)24-12-11-23-18)17-8-4-6-14-5-2-3-7-16(14)17;;/h2-8,11-12,15,22,25H,9-10,13H2,1H3;2*1H/t15-,20-;;/m1../s1. The van der Waals surface area contributed by atoms with Gasteiger partial charge in [0.2, 0.25) is 0 Å². The molecule has 0 bridgehead atoms. The number of rotatable bonds is 4. The zero-order chi connectivity index (χ0) is 17.3. The van der Waals surface area contributed by atoms with Crippen molar-refractivity contribution in [2.45, 2.75) is 24.9 Å². The fraction of sp³-hybridized carbons (Fsp3) is 0.300. The normalized spacial score (nSPS) is 18.4. The average molecular weight is 426 g/mol. The SMILES string of the molecule is C[C@](N[C@@H]1CCNC1)(c1nccnc1Cl)c1cccc2ccccc12.Cl.Cl. The van der Waals surface area contributed by atoms with Gasteiger partial charge in [-0.3, -0.25) is 10.3 Å². The van der Waals surface area contributed by atoms with Gasteiger partial charge in [-0.05, 0) is 36.2 Å². The highest BCUT2D eigenvalue weighted by molar-refractivity contribution is 6.30. The summed E-state index contributed by atoms with van der Waals surface area (Å²) in [6.45, 7) is 4.12. The molecule has 0 saturated carbocycles. The van der Waals surface area contributed by atoms with E-state index in [1.165, 1.54) is 16.3 Å². The van der Waals surface area contributed by atoms with E-state index < -0.39 is 5.54 Å². The van der Waals surface area contributed by atoms with E-state index in [-0.39, 0.29) is 24.8 Å². The van der Waals surface area contributed by atoms with Crippen LogP contribution in [0.5, 0.6) is 0 Å². The van der Waals surface area contributed by atoms with Crippen molar-refractivity contribution in [3.63, 3.8) is 0 Å². The summed E-state index contributed by atoms with van der Waals surface area (Å²) in [5, 5.41) is 10.1. The van der Waals surface area contributed by atoms with Gasteiger partial charge in [0.15, 0.2) is 5.15 Å². The van der Waals surface area contributed by atoms with Crippen LogP contribution in [0.15, 0.2) is 54.9 Å². The van der Waals surface area contributed by atoms with Crippen molar-refractivity contribution in [1.82, 2.24) is 20.6 Å². The Kier molecular flexibility index (Phi) is 7.43. The van der Waals surface area contributed by atoms with Gasteiger partial charge >= 0.3 is 0 Å². The molecule has 1 aliphatic rings. The van der Waals surface area contributed by atoms with Crippen LogP contribution in [0.25, 0.3) is 10.8 Å². The van der Waals surface area contributed by atoms with Crippen LogP contribution >= 0.6 is 36.4 Å². The van der Waals surface area contributed by atoms with Crippen LogP contribution in [0, 0.1) is 0 Å². The predicted octanol–water partition coefficient (Wildman–Crippen LogP) is 4.34. The second kappa shape index (κ2) is 9.18. The molecule has 1 aliphatic heterocycles. The van der Waals surface area contributed by atoms with Gasteiger partial charge in [-0.2, -0.15) is 0 Å². The number of halogens is 3. The summed E-state index contributed by atoms with van der Waals surface area (Å²) in [5.74, 6) is 0. The summed E-state index contributed by atoms with van der Waals surface area (Å²) < 4.78 is 0. The van der Waals surface area contributed by atoms with E-state index in [4.69, 9.17) is 11.6 Å². The third-order valence-electron chi connectivity index (χ3n) is 5.01. The lowest BCUT2D eigenvalue weighted by Gasteiger charge is -2.35. The highest BCUT2D eigenvalue weighted by Crippen LogP contribution is 2.36. The molecule has 0 radical (unpaired) electrons. The molecule has 2 heterocycles. The Labute approximate surface area is 177 Å². The van der Waals surface area contributed by atoms with Gasteiger partial charge in [-0.15, -0.1) is 24.8 Å². The van der Waals surface area contributed by atoms with Crippen LogP contribution in [-0.2, 0) is 5.54 Å². The Hall–Kier alpha value is -1.43. The van der Waals surface area contributed by atoms with Crippen molar-refractivity contribution in [3.8, 4) is 0 Å². The first-order valence-electron chi connectivity index (χ1n) is 8.62. The second-order valence-electron chi connectivity index (χ2n) is 6.68. The highest BCUT2D eigenvalue weighted by atomic mass is 35.5. The number of hydrogen-bond acceptors (Lipinski definition) is 4. The van der Waals surface area contributed by atoms with Gasteiger partial charge in [0, 0.05) is 25.0 Å². The lowest BCUT2D eigenvalue weighted by atomic mass is 9.84. The van der Waals surface area contributed by atoms with Gasteiger partial charge in [0.1, 0.15) is 5.69 Å². The smallest absolute Gasteiger partial charge is 0.152 e. The van der Waals surface area contributed by atoms with Gasteiger partial charge in [0.25, 0.3) is 0 Å². The molecule has 0 unspecified atom stereocenters. The van der Waals surface area contributed by atoms with E-state index in [1.807, 2.05) is 0 Å². The summed E-state index contributed by atoms with van der Waals surface area (Å²) in [6, 6.07) is 15.2. The number of nitrogens with one attached hydrogen (secondary N) is 2. The summed E-state index contributed by atoms with van der Waals surface area (Å²) >= 11 is 6.47. The summed E-state index contributed by atoms with van der Waals surface area (Å²) in [5.41, 5.74) is 1.41. The number of hydrogen-bond donors (Lipinski definition) is 2. The number of aromatic nitrogens is 2. The molecule has 144 valence electrons. The molecule has 2 atom stereocenters. The van der Waals surface area contributed by atoms with Crippen LogP contribution in [0.3, 0.4) is 0 Å². The van der Waals surface area contributed by atoms with Crippen molar-refractivity contribution >= 4 is 47.2 Å². The second-order valence-corrected chi connectivity index (χ2v) is 7.04. The molecule has 27 heavy (non-hydrogen) atoms. The van der Waals surface area contributed by atoms with Crippen molar-refractivity contribution in [2.75, 3.05) is 13.1 Å². The largest absolute Gasteiger partial charge is 0.315 e. The molecule has 3 aromatic rings. The first kappa shape index (κ1) is 21.9. The van der Waals surface area contributed by atoms with Crippen molar-refractivity contribution in [1.29, 1.82) is 0 Å². The molecule has 1 fully saturated rings. The monoisotopic (exact) mass is 424 g/mol. The maximum absolute atomic E-state index is 6.47. The lowest BCUT2D eigenvalue weighted by Crippen LogP contribution is -2.48. The molecule has 1 aromatic heterocycles. The van der Waals surface area contributed by atoms with E-state index >= 15 is 0 Å². The predicted molar refractivity (Wildman–Crippen MR) is 116 cm³/mol. The van der Waals surface area contributed by atoms with Gasteiger partial charge in [0.05, 0.1) is 5.54 Å². The van der Waals surface area contributed by atoms with E-state index in [2.05, 4.69) is 70.0 Å². The molecule has 4 nitrogen and oxygen atoms in total. The van der Waals surface area contributed by atoms with Crippen LogP contribution in [0.1, 0.15) is 24.6 Å². The van der Waals surface area contributed by atoms with Gasteiger partial charge < -0.3 is 5.32 Å². The van der Waals surface area contributed by atoms with E-state index in [9.17, 15) is 0 Å². The fourth-order valence-corrected chi connectivity index (χ4v) is 4.07. The zero-order valence-electron chi connectivity index (χ0n) is 15.0. The molecule has 7 heteroatoms. The Bertz CT molecular complexity index is 894. The van der Waals surface area contributed by atoms with Gasteiger partial charge in [-0.25, -0.2) is 4.98 Å². The topological polar surface area (TPSA) is 49.8 Å². The summed E-state index contributed by atoms with van der Waals surface area (Å²) in [4.78, 5) is 8.87. The minimum absolute atomic E-state index is 0. The highest BCUT2D eigenvalue weighted by Gasteiger charge is 2.36. The average Bonchev–Trinajstić information content (AvgIpc) is 3.14. The number of fused-ring (bicyclic) bond motifs is 1. The minimum atomic E-state index is -0.525. The van der Waals surface area contributed by atoms with Crippen molar-refractivity contribution in [3.05, 3.63) is 71.3 Å². The Morgan fingerprint density at radius 3 is 2.56 bits per heavy atom. The van der Waals surface area contributed by atoms with E-state index in [0.717, 1.165) is 25.2 Å². The molecule has 0 aliphatic carbocycles. The van der Waals surface area contributed by atoms with Gasteiger partial charge in [-0.1, -0.05) is 54.1 Å². The molecular formula is C20H23Cl3N4. The first-order chi connectivity index (χ1) is 12.2. The molecule has 2 N–H and O–H groups in total. The molecule has 0 amide bonds. The number of benzene rings is 2. The van der Waals surface area contributed by atoms with Crippen LogP contribution in [0.2, 0.25) is 5.15 Å². The summed E-state index contributed by atoms with van der Waals surface area (Å²) in [6.07, 6.45) is 4.42. The Morgan fingerprint density at radius 1 is 1.07 bits per heavy atom. The molecular weight excluding hydrogens is 403 g/mol. The van der Waals surface area contributed by atoms with Crippen LogP contribution in [0.4, 0.5) is 0 Å². The lowest BCUT2D eigenvalue weighted by molar-refractivity contribution is 0.373. The quantitative estimate of drug-likeness (QED) is 0.653. The molecule has 4 rings (SSSR count). The van der Waals surface area contributed by atoms with Crippen LogP contribution < -0.4 is 10.6 Å². The third kappa shape index (κ3) is 4.20. The van der Waals surface area contributed by atoms with Crippen LogP contribution in [-0.4, -0.2) is 29.1 Å². The maximum Gasteiger partial charge on any atom is 0.152 e. The first-order valence-corrected chi connectivity index (χ1v) is 9.00. The molecule has 1 saturated heterocycles. The van der Waals surface area contributed by atoms with E-state index in [1.54, 1.807) is 12.4 Å². The minimum Gasteiger partial charge on any atom is -0.315 e. The Morgan fingerprint density at radius 2 is 1.81 bits per heavy atom. The molecule has 2 aromatic carbocycles. The van der Waals surface area contributed by atoms with Crippen molar-refractivity contribution < 1.29 is 0 Å². The zero-order valence-corrected chi connectivity index (χ0v) is 17.4. The summed E-state index contributed by atoms with van der Waals surface area (Å²) in [7, 11) is 0. The maximum atomic E-state index is 6.47. The third-order valence-corrected chi connectivity index (χ3v) is 5.29. The molecule has 0 spiro atoms. The van der Waals surface area contributed by atoms with Crippen molar-refractivity contribution in [2.24, 2.45) is 0 Å². The fourth-order valence-electron chi connectivity index (χ4n) is 3.78. The number of nitrogens with zero attached hydrogens (tertiary/aromatic N) is 2.